The number of carbonyl (C=O) groups is 2. The number of carboxylic acid groups (broad SMARTS) is 1. The van der Waals surface area contributed by atoms with Gasteiger partial charge in [-0.3, -0.25) is 4.79 Å². The lowest BCUT2D eigenvalue weighted by molar-refractivity contribution is -0.136. The predicted octanol–water partition coefficient (Wildman–Crippen LogP) is 2.24. The number of hydrogen-bond acceptors (Lipinski definition) is 2. The van der Waals surface area contributed by atoms with E-state index in [4.69, 9.17) is 5.11 Å². The monoisotopic (exact) mass is 262 g/mol. The Morgan fingerprint density at radius 3 is 2.68 bits per heavy atom. The van der Waals surface area contributed by atoms with Crippen molar-refractivity contribution in [2.24, 2.45) is 5.92 Å². The second kappa shape index (κ2) is 6.22. The summed E-state index contributed by atoms with van der Waals surface area (Å²) in [7, 11) is 0. The maximum Gasteiger partial charge on any atom is 0.319 e. The summed E-state index contributed by atoms with van der Waals surface area (Å²) in [5.41, 5.74) is 1.15. The molecule has 0 saturated heterocycles. The van der Waals surface area contributed by atoms with Crippen molar-refractivity contribution in [2.75, 3.05) is 11.9 Å². The minimum atomic E-state index is -0.914. The maximum atomic E-state index is 11.7. The van der Waals surface area contributed by atoms with Crippen molar-refractivity contribution < 1.29 is 14.7 Å². The Bertz CT molecular complexity index is 470. The standard InChI is InChI=1S/C14H18N2O3/c17-13(18)9-11-3-1-2-4-12(11)16-14(19)15-8-7-10-5-6-10/h1-4,10H,5-9H2,(H,17,18)(H2,15,16,19). The molecule has 5 heteroatoms. The first kappa shape index (κ1) is 13.4. The molecule has 0 aromatic heterocycles. The van der Waals surface area contributed by atoms with Crippen LogP contribution in [0, 0.1) is 5.92 Å². The third kappa shape index (κ3) is 4.62. The van der Waals surface area contributed by atoms with Gasteiger partial charge in [0.05, 0.1) is 6.42 Å². The Morgan fingerprint density at radius 2 is 2.00 bits per heavy atom. The van der Waals surface area contributed by atoms with Gasteiger partial charge < -0.3 is 15.7 Å². The Balaban J connectivity index is 1.85. The average molecular weight is 262 g/mol. The van der Waals surface area contributed by atoms with Crippen molar-refractivity contribution >= 4 is 17.7 Å². The third-order valence-electron chi connectivity index (χ3n) is 3.14. The second-order valence-corrected chi connectivity index (χ2v) is 4.84. The summed E-state index contributed by atoms with van der Waals surface area (Å²) in [4.78, 5) is 22.4. The zero-order valence-corrected chi connectivity index (χ0v) is 10.7. The lowest BCUT2D eigenvalue weighted by atomic mass is 10.1. The van der Waals surface area contributed by atoms with Crippen LogP contribution in [0.15, 0.2) is 24.3 Å². The van der Waals surface area contributed by atoms with E-state index in [1.54, 1.807) is 24.3 Å². The van der Waals surface area contributed by atoms with Crippen molar-refractivity contribution in [1.29, 1.82) is 0 Å². The average Bonchev–Trinajstić information content (AvgIpc) is 3.15. The van der Waals surface area contributed by atoms with E-state index in [0.717, 1.165) is 12.3 Å². The number of anilines is 1. The highest BCUT2D eigenvalue weighted by molar-refractivity contribution is 5.90. The van der Waals surface area contributed by atoms with Crippen LogP contribution in [0.25, 0.3) is 0 Å². The van der Waals surface area contributed by atoms with E-state index < -0.39 is 5.97 Å². The van der Waals surface area contributed by atoms with Gasteiger partial charge in [0, 0.05) is 12.2 Å². The van der Waals surface area contributed by atoms with E-state index in [1.807, 2.05) is 0 Å². The van der Waals surface area contributed by atoms with E-state index in [2.05, 4.69) is 10.6 Å². The van der Waals surface area contributed by atoms with E-state index in [-0.39, 0.29) is 12.5 Å². The summed E-state index contributed by atoms with van der Waals surface area (Å²) in [6.07, 6.45) is 3.46. The maximum absolute atomic E-state index is 11.7. The van der Waals surface area contributed by atoms with Crippen molar-refractivity contribution in [3.8, 4) is 0 Å². The van der Waals surface area contributed by atoms with Crippen LogP contribution in [0.5, 0.6) is 0 Å². The van der Waals surface area contributed by atoms with Gasteiger partial charge >= 0.3 is 12.0 Å². The van der Waals surface area contributed by atoms with Gasteiger partial charge in [-0.1, -0.05) is 31.0 Å². The van der Waals surface area contributed by atoms with E-state index >= 15 is 0 Å². The second-order valence-electron chi connectivity index (χ2n) is 4.84. The first-order valence-corrected chi connectivity index (χ1v) is 6.49. The molecule has 1 aromatic rings. The molecule has 1 fully saturated rings. The number of rotatable bonds is 6. The van der Waals surface area contributed by atoms with Gasteiger partial charge in [0.1, 0.15) is 0 Å². The fourth-order valence-electron chi connectivity index (χ4n) is 1.92. The normalized spacial score (nSPS) is 13.9. The van der Waals surface area contributed by atoms with Crippen LogP contribution in [-0.4, -0.2) is 23.7 Å². The minimum absolute atomic E-state index is 0.0987. The molecule has 1 aromatic carbocycles. The van der Waals surface area contributed by atoms with Crippen LogP contribution in [0.2, 0.25) is 0 Å². The molecule has 0 spiro atoms. The number of carboxylic acids is 1. The summed E-state index contributed by atoms with van der Waals surface area (Å²) < 4.78 is 0. The van der Waals surface area contributed by atoms with Crippen molar-refractivity contribution in [3.05, 3.63) is 29.8 Å². The topological polar surface area (TPSA) is 78.4 Å². The largest absolute Gasteiger partial charge is 0.481 e. The Labute approximate surface area is 112 Å². The molecule has 3 N–H and O–H groups in total. The molecule has 0 radical (unpaired) electrons. The molecule has 0 aliphatic heterocycles. The number of carbonyl (C=O) groups excluding carboxylic acids is 1. The highest BCUT2D eigenvalue weighted by Gasteiger charge is 2.20. The molecule has 102 valence electrons. The zero-order chi connectivity index (χ0) is 13.7. The first-order chi connectivity index (χ1) is 9.15. The zero-order valence-electron chi connectivity index (χ0n) is 10.7. The number of benzene rings is 1. The molecule has 0 atom stereocenters. The van der Waals surface area contributed by atoms with Crippen LogP contribution in [0.3, 0.4) is 0 Å². The molecule has 2 rings (SSSR count). The minimum Gasteiger partial charge on any atom is -0.481 e. The Kier molecular flexibility index (Phi) is 4.39. The van der Waals surface area contributed by atoms with Crippen molar-refractivity contribution in [1.82, 2.24) is 5.32 Å². The van der Waals surface area contributed by atoms with Crippen LogP contribution < -0.4 is 10.6 Å². The molecule has 1 aliphatic rings. The number of nitrogens with one attached hydrogen (secondary N) is 2. The molecule has 1 aliphatic carbocycles. The summed E-state index contributed by atoms with van der Waals surface area (Å²) >= 11 is 0. The fraction of sp³-hybridized carbons (Fsp3) is 0.429. The Hall–Kier alpha value is -2.04. The molecule has 1 saturated carbocycles. The highest BCUT2D eigenvalue weighted by atomic mass is 16.4. The SMILES string of the molecule is O=C(O)Cc1ccccc1NC(=O)NCCC1CC1. The molecule has 0 heterocycles. The molecule has 19 heavy (non-hydrogen) atoms. The molecular weight excluding hydrogens is 244 g/mol. The summed E-state index contributed by atoms with van der Waals surface area (Å²) in [5, 5.41) is 14.3. The first-order valence-electron chi connectivity index (χ1n) is 6.49. The van der Waals surface area contributed by atoms with Gasteiger partial charge in [0.25, 0.3) is 0 Å². The molecular formula is C14H18N2O3. The molecule has 0 bridgehead atoms. The van der Waals surface area contributed by atoms with Gasteiger partial charge in [0.2, 0.25) is 0 Å². The van der Waals surface area contributed by atoms with Gasteiger partial charge in [-0.15, -0.1) is 0 Å². The summed E-state index contributed by atoms with van der Waals surface area (Å²) in [5.74, 6) is -0.136. The Morgan fingerprint density at radius 1 is 1.26 bits per heavy atom. The summed E-state index contributed by atoms with van der Waals surface area (Å²) in [6, 6.07) is 6.66. The summed E-state index contributed by atoms with van der Waals surface area (Å²) in [6.45, 7) is 0.664. The van der Waals surface area contributed by atoms with Crippen LogP contribution in [0.4, 0.5) is 10.5 Å². The van der Waals surface area contributed by atoms with Crippen molar-refractivity contribution in [2.45, 2.75) is 25.7 Å². The number of amides is 2. The van der Waals surface area contributed by atoms with Gasteiger partial charge in [-0.2, -0.15) is 0 Å². The van der Waals surface area contributed by atoms with Gasteiger partial charge in [0.15, 0.2) is 0 Å². The van der Waals surface area contributed by atoms with Gasteiger partial charge in [-0.05, 0) is 24.0 Å². The van der Waals surface area contributed by atoms with E-state index in [9.17, 15) is 9.59 Å². The lowest BCUT2D eigenvalue weighted by Gasteiger charge is -2.10. The van der Waals surface area contributed by atoms with E-state index in [1.165, 1.54) is 12.8 Å². The molecule has 2 amide bonds. The number of aliphatic carboxylic acids is 1. The van der Waals surface area contributed by atoms with Crippen LogP contribution in [-0.2, 0) is 11.2 Å². The molecule has 0 unspecified atom stereocenters. The lowest BCUT2D eigenvalue weighted by Crippen LogP contribution is -2.30. The number of urea groups is 1. The number of para-hydroxylation sites is 1. The molecule has 5 nitrogen and oxygen atoms in total. The predicted molar refractivity (Wildman–Crippen MR) is 72.1 cm³/mol. The smallest absolute Gasteiger partial charge is 0.319 e. The van der Waals surface area contributed by atoms with Gasteiger partial charge in [-0.25, -0.2) is 4.79 Å². The van der Waals surface area contributed by atoms with Crippen LogP contribution >= 0.6 is 0 Å². The highest BCUT2D eigenvalue weighted by Crippen LogP contribution is 2.31. The number of hydrogen-bond donors (Lipinski definition) is 3. The van der Waals surface area contributed by atoms with Crippen molar-refractivity contribution in [3.63, 3.8) is 0 Å². The quantitative estimate of drug-likeness (QED) is 0.735. The van der Waals surface area contributed by atoms with Crippen LogP contribution in [0.1, 0.15) is 24.8 Å². The third-order valence-corrected chi connectivity index (χ3v) is 3.14. The fourth-order valence-corrected chi connectivity index (χ4v) is 1.92. The van der Waals surface area contributed by atoms with E-state index in [0.29, 0.717) is 17.8 Å².